The number of nitrogens with zero attached hydrogens (tertiary/aromatic N) is 2. The number of hydrogen-bond donors (Lipinski definition) is 1. The monoisotopic (exact) mass is 385 g/mol. The number of aromatic nitrogens is 2. The van der Waals surface area contributed by atoms with Gasteiger partial charge >= 0.3 is 0 Å². The Morgan fingerprint density at radius 1 is 1.04 bits per heavy atom. The van der Waals surface area contributed by atoms with Crippen LogP contribution in [0, 0.1) is 0 Å². The fraction of sp³-hybridized carbons (Fsp3) is 0.211. The standard InChI is InChI=1S/C19H19N3O4S/c1-25-17-5-3-4-14-11-22(12-16(14)17)27(23,24)19-7-6-13(8-18(19)26-2)15-9-20-21-10-15/h3-10H,11-12H2,1-2H3,(H,20,21). The summed E-state index contributed by atoms with van der Waals surface area (Å²) in [4.78, 5) is 0.143. The molecule has 2 heterocycles. The molecule has 0 amide bonds. The van der Waals surface area contributed by atoms with Crippen LogP contribution in [-0.2, 0) is 23.1 Å². The van der Waals surface area contributed by atoms with Gasteiger partial charge in [0.25, 0.3) is 0 Å². The summed E-state index contributed by atoms with van der Waals surface area (Å²) in [6.07, 6.45) is 3.42. The molecule has 0 spiro atoms. The number of H-pyrrole nitrogens is 1. The number of sulfonamides is 1. The third-order valence-corrected chi connectivity index (χ3v) is 6.58. The third kappa shape index (κ3) is 2.96. The van der Waals surface area contributed by atoms with E-state index in [2.05, 4.69) is 10.2 Å². The van der Waals surface area contributed by atoms with Gasteiger partial charge in [-0.25, -0.2) is 8.42 Å². The van der Waals surface area contributed by atoms with E-state index in [1.165, 1.54) is 11.4 Å². The Morgan fingerprint density at radius 2 is 1.85 bits per heavy atom. The van der Waals surface area contributed by atoms with Crippen molar-refractivity contribution in [3.8, 4) is 22.6 Å². The quantitative estimate of drug-likeness (QED) is 0.730. The number of fused-ring (bicyclic) bond motifs is 1. The molecule has 0 aliphatic carbocycles. The highest BCUT2D eigenvalue weighted by Gasteiger charge is 2.34. The zero-order valence-electron chi connectivity index (χ0n) is 15.0. The first kappa shape index (κ1) is 17.6. The lowest BCUT2D eigenvalue weighted by Gasteiger charge is -2.18. The van der Waals surface area contributed by atoms with Gasteiger partial charge in [0.1, 0.15) is 16.4 Å². The van der Waals surface area contributed by atoms with E-state index in [0.717, 1.165) is 22.3 Å². The van der Waals surface area contributed by atoms with Crippen LogP contribution < -0.4 is 9.47 Å². The molecule has 8 heteroatoms. The van der Waals surface area contributed by atoms with E-state index < -0.39 is 10.0 Å². The lowest BCUT2D eigenvalue weighted by atomic mass is 10.1. The maximum Gasteiger partial charge on any atom is 0.247 e. The normalized spacial score (nSPS) is 14.1. The zero-order valence-corrected chi connectivity index (χ0v) is 15.8. The minimum absolute atomic E-state index is 0.143. The van der Waals surface area contributed by atoms with Crippen molar-refractivity contribution < 1.29 is 17.9 Å². The first-order valence-corrected chi connectivity index (χ1v) is 9.80. The molecule has 1 aliphatic rings. The van der Waals surface area contributed by atoms with Crippen LogP contribution >= 0.6 is 0 Å². The van der Waals surface area contributed by atoms with Crippen LogP contribution in [-0.4, -0.2) is 37.1 Å². The first-order chi connectivity index (χ1) is 13.0. The summed E-state index contributed by atoms with van der Waals surface area (Å²) in [5.74, 6) is 1.00. The number of hydrogen-bond acceptors (Lipinski definition) is 5. The maximum absolute atomic E-state index is 13.3. The molecule has 1 aliphatic heterocycles. The van der Waals surface area contributed by atoms with Crippen LogP contribution in [0.5, 0.6) is 11.5 Å². The number of ether oxygens (including phenoxy) is 2. The topological polar surface area (TPSA) is 84.5 Å². The van der Waals surface area contributed by atoms with Gasteiger partial charge < -0.3 is 9.47 Å². The molecule has 1 aromatic heterocycles. The molecule has 0 saturated heterocycles. The molecule has 1 N–H and O–H groups in total. The highest BCUT2D eigenvalue weighted by Crippen LogP contribution is 2.37. The summed E-state index contributed by atoms with van der Waals surface area (Å²) in [6.45, 7) is 0.579. The number of rotatable bonds is 5. The maximum atomic E-state index is 13.3. The van der Waals surface area contributed by atoms with E-state index in [1.54, 1.807) is 37.7 Å². The average molecular weight is 385 g/mol. The summed E-state index contributed by atoms with van der Waals surface area (Å²) in [6, 6.07) is 10.7. The molecular formula is C19H19N3O4S. The third-order valence-electron chi connectivity index (χ3n) is 4.74. The summed E-state index contributed by atoms with van der Waals surface area (Å²) >= 11 is 0. The van der Waals surface area contributed by atoms with E-state index in [1.807, 2.05) is 18.2 Å². The van der Waals surface area contributed by atoms with E-state index in [-0.39, 0.29) is 11.4 Å². The molecule has 2 aromatic carbocycles. The van der Waals surface area contributed by atoms with Crippen LogP contribution in [0.1, 0.15) is 11.1 Å². The van der Waals surface area contributed by atoms with Gasteiger partial charge in [0.2, 0.25) is 10.0 Å². The second-order valence-corrected chi connectivity index (χ2v) is 8.13. The van der Waals surface area contributed by atoms with Crippen molar-refractivity contribution in [2.45, 2.75) is 18.0 Å². The van der Waals surface area contributed by atoms with Crippen molar-refractivity contribution in [1.82, 2.24) is 14.5 Å². The Kier molecular flexibility index (Phi) is 4.37. The molecule has 0 unspecified atom stereocenters. The fourth-order valence-corrected chi connectivity index (χ4v) is 4.85. The molecule has 0 bridgehead atoms. The lowest BCUT2D eigenvalue weighted by molar-refractivity contribution is 0.388. The van der Waals surface area contributed by atoms with Gasteiger partial charge in [0.05, 0.1) is 20.4 Å². The number of benzene rings is 2. The van der Waals surface area contributed by atoms with Gasteiger partial charge in [-0.05, 0) is 29.3 Å². The number of aromatic amines is 1. The molecule has 0 radical (unpaired) electrons. The Labute approximate surface area is 157 Å². The van der Waals surface area contributed by atoms with Gasteiger partial charge in [0, 0.05) is 30.4 Å². The van der Waals surface area contributed by atoms with Crippen LogP contribution in [0.4, 0.5) is 0 Å². The van der Waals surface area contributed by atoms with Crippen LogP contribution in [0.3, 0.4) is 0 Å². The Balaban J connectivity index is 1.71. The Morgan fingerprint density at radius 3 is 2.56 bits per heavy atom. The van der Waals surface area contributed by atoms with Crippen molar-refractivity contribution in [2.24, 2.45) is 0 Å². The SMILES string of the molecule is COc1cc(-c2cn[nH]c2)ccc1S(=O)(=O)N1Cc2cccc(OC)c2C1. The predicted molar refractivity (Wildman–Crippen MR) is 100 cm³/mol. The van der Waals surface area contributed by atoms with Gasteiger partial charge in [-0.15, -0.1) is 0 Å². The number of nitrogens with one attached hydrogen (secondary N) is 1. The smallest absolute Gasteiger partial charge is 0.247 e. The van der Waals surface area contributed by atoms with Crippen molar-refractivity contribution in [2.75, 3.05) is 14.2 Å². The van der Waals surface area contributed by atoms with Crippen molar-refractivity contribution in [3.05, 3.63) is 59.9 Å². The zero-order chi connectivity index (χ0) is 19.0. The minimum Gasteiger partial charge on any atom is -0.496 e. The van der Waals surface area contributed by atoms with Crippen molar-refractivity contribution in [1.29, 1.82) is 0 Å². The molecule has 7 nitrogen and oxygen atoms in total. The minimum atomic E-state index is -3.73. The second-order valence-electron chi connectivity index (χ2n) is 6.22. The van der Waals surface area contributed by atoms with E-state index in [9.17, 15) is 8.42 Å². The Bertz CT molecular complexity index is 1080. The molecule has 140 valence electrons. The average Bonchev–Trinajstić information content (AvgIpc) is 3.37. The van der Waals surface area contributed by atoms with E-state index >= 15 is 0 Å². The summed E-state index contributed by atoms with van der Waals surface area (Å²) in [5.41, 5.74) is 3.53. The van der Waals surface area contributed by atoms with Crippen LogP contribution in [0.25, 0.3) is 11.1 Å². The largest absolute Gasteiger partial charge is 0.496 e. The van der Waals surface area contributed by atoms with Crippen LogP contribution in [0.2, 0.25) is 0 Å². The van der Waals surface area contributed by atoms with Crippen LogP contribution in [0.15, 0.2) is 53.7 Å². The van der Waals surface area contributed by atoms with Gasteiger partial charge in [-0.1, -0.05) is 18.2 Å². The number of methoxy groups -OCH3 is 2. The first-order valence-electron chi connectivity index (χ1n) is 8.36. The molecule has 0 fully saturated rings. The molecule has 0 atom stereocenters. The van der Waals surface area contributed by atoms with Gasteiger partial charge in [-0.2, -0.15) is 9.40 Å². The molecule has 27 heavy (non-hydrogen) atoms. The van der Waals surface area contributed by atoms with E-state index in [0.29, 0.717) is 18.0 Å². The Hall–Kier alpha value is -2.84. The molecule has 4 rings (SSSR count). The molecule has 0 saturated carbocycles. The second kappa shape index (κ2) is 6.71. The van der Waals surface area contributed by atoms with Gasteiger partial charge in [0.15, 0.2) is 0 Å². The highest BCUT2D eigenvalue weighted by atomic mass is 32.2. The fourth-order valence-electron chi connectivity index (χ4n) is 3.33. The molecular weight excluding hydrogens is 366 g/mol. The van der Waals surface area contributed by atoms with Crippen molar-refractivity contribution in [3.63, 3.8) is 0 Å². The molecule has 3 aromatic rings. The highest BCUT2D eigenvalue weighted by molar-refractivity contribution is 7.89. The summed E-state index contributed by atoms with van der Waals surface area (Å²) < 4.78 is 38.7. The van der Waals surface area contributed by atoms with E-state index in [4.69, 9.17) is 9.47 Å². The summed E-state index contributed by atoms with van der Waals surface area (Å²) in [7, 11) is -0.675. The summed E-state index contributed by atoms with van der Waals surface area (Å²) in [5, 5.41) is 6.67. The predicted octanol–water partition coefficient (Wildman–Crippen LogP) is 2.80. The van der Waals surface area contributed by atoms with Crippen molar-refractivity contribution >= 4 is 10.0 Å². The lowest BCUT2D eigenvalue weighted by Crippen LogP contribution is -2.26. The van der Waals surface area contributed by atoms with Gasteiger partial charge in [-0.3, -0.25) is 5.10 Å².